The van der Waals surface area contributed by atoms with Gasteiger partial charge in [0.2, 0.25) is 0 Å². The van der Waals surface area contributed by atoms with E-state index in [1.165, 1.54) is 51.4 Å². The summed E-state index contributed by atoms with van der Waals surface area (Å²) in [5, 5.41) is 0. The summed E-state index contributed by atoms with van der Waals surface area (Å²) in [5.41, 5.74) is 0. The molecular formula is C13H22O. The molecule has 0 radical (unpaired) electrons. The number of hydrogen-bond acceptors (Lipinski definition) is 1. The number of hydrogen-bond donors (Lipinski definition) is 0. The van der Waals surface area contributed by atoms with Crippen LogP contribution in [0.2, 0.25) is 0 Å². The molecule has 0 heterocycles. The van der Waals surface area contributed by atoms with Gasteiger partial charge in [-0.05, 0) is 18.3 Å². The molecule has 80 valence electrons. The van der Waals surface area contributed by atoms with Crippen molar-refractivity contribution in [1.29, 1.82) is 0 Å². The second-order valence-corrected chi connectivity index (χ2v) is 5.26. The zero-order valence-electron chi connectivity index (χ0n) is 9.13. The molecule has 2 atom stereocenters. The van der Waals surface area contributed by atoms with Crippen molar-refractivity contribution in [3.63, 3.8) is 0 Å². The van der Waals surface area contributed by atoms with E-state index in [0.29, 0.717) is 5.78 Å². The maximum absolute atomic E-state index is 11.5. The van der Waals surface area contributed by atoms with Crippen LogP contribution in [-0.4, -0.2) is 5.78 Å². The topological polar surface area (TPSA) is 17.1 Å². The smallest absolute Gasteiger partial charge is 0.133 e. The van der Waals surface area contributed by atoms with Crippen LogP contribution in [0, 0.1) is 11.8 Å². The zero-order valence-corrected chi connectivity index (χ0v) is 9.13. The first-order chi connectivity index (χ1) is 6.84. The van der Waals surface area contributed by atoms with Crippen LogP contribution in [-0.2, 0) is 4.79 Å². The SMILES string of the molecule is O=C1C[C@H]2CCCCCCC[C@@H](C1)C2. The van der Waals surface area contributed by atoms with Crippen LogP contribution in [0.15, 0.2) is 0 Å². The number of carbonyl (C=O) groups excluding carboxylic acids is 1. The van der Waals surface area contributed by atoms with E-state index in [9.17, 15) is 4.79 Å². The molecule has 0 aromatic carbocycles. The van der Waals surface area contributed by atoms with Crippen LogP contribution >= 0.6 is 0 Å². The van der Waals surface area contributed by atoms with Gasteiger partial charge in [-0.3, -0.25) is 4.79 Å². The van der Waals surface area contributed by atoms with Gasteiger partial charge in [0, 0.05) is 12.8 Å². The maximum Gasteiger partial charge on any atom is 0.133 e. The van der Waals surface area contributed by atoms with E-state index in [1.807, 2.05) is 0 Å². The first kappa shape index (κ1) is 10.2. The molecule has 0 unspecified atom stereocenters. The van der Waals surface area contributed by atoms with E-state index in [-0.39, 0.29) is 0 Å². The van der Waals surface area contributed by atoms with Gasteiger partial charge in [-0.2, -0.15) is 0 Å². The third-order valence-corrected chi connectivity index (χ3v) is 3.92. The van der Waals surface area contributed by atoms with Crippen LogP contribution in [0.4, 0.5) is 0 Å². The van der Waals surface area contributed by atoms with Crippen molar-refractivity contribution in [2.75, 3.05) is 0 Å². The van der Waals surface area contributed by atoms with Gasteiger partial charge in [-0.15, -0.1) is 0 Å². The van der Waals surface area contributed by atoms with Gasteiger partial charge in [0.05, 0.1) is 0 Å². The van der Waals surface area contributed by atoms with Crippen LogP contribution < -0.4 is 0 Å². The molecular weight excluding hydrogens is 172 g/mol. The van der Waals surface area contributed by atoms with Crippen molar-refractivity contribution in [3.05, 3.63) is 0 Å². The van der Waals surface area contributed by atoms with Crippen LogP contribution in [0.25, 0.3) is 0 Å². The standard InChI is InChI=1S/C13H22O/c14-13-9-11-6-4-2-1-3-5-7-12(8-11)10-13/h11-12H,1-10H2/t11-,12+. The molecule has 0 spiro atoms. The molecule has 0 aliphatic heterocycles. The average Bonchev–Trinajstić information content (AvgIpc) is 2.15. The lowest BCUT2D eigenvalue weighted by Gasteiger charge is -2.29. The lowest BCUT2D eigenvalue weighted by Crippen LogP contribution is -2.23. The van der Waals surface area contributed by atoms with E-state index < -0.39 is 0 Å². The number of carbonyl (C=O) groups is 1. The summed E-state index contributed by atoms with van der Waals surface area (Å²) in [6, 6.07) is 0. The normalized spacial score (nSPS) is 35.3. The van der Waals surface area contributed by atoms with Crippen LogP contribution in [0.3, 0.4) is 0 Å². The fraction of sp³-hybridized carbons (Fsp3) is 0.923. The van der Waals surface area contributed by atoms with Crippen molar-refractivity contribution < 1.29 is 4.79 Å². The molecule has 2 rings (SSSR count). The predicted octanol–water partition coefficient (Wildman–Crippen LogP) is 3.72. The molecule has 2 saturated carbocycles. The molecule has 1 heteroatoms. The highest BCUT2D eigenvalue weighted by Gasteiger charge is 2.26. The molecule has 2 aliphatic rings. The Morgan fingerprint density at radius 2 is 1.29 bits per heavy atom. The van der Waals surface area contributed by atoms with E-state index in [4.69, 9.17) is 0 Å². The van der Waals surface area contributed by atoms with Gasteiger partial charge in [0.15, 0.2) is 0 Å². The number of fused-ring (bicyclic) bond motifs is 2. The third kappa shape index (κ3) is 2.83. The summed E-state index contributed by atoms with van der Waals surface area (Å²) in [6.45, 7) is 0. The first-order valence-corrected chi connectivity index (χ1v) is 6.36. The molecule has 0 aromatic heterocycles. The van der Waals surface area contributed by atoms with E-state index >= 15 is 0 Å². The molecule has 2 fully saturated rings. The second-order valence-electron chi connectivity index (χ2n) is 5.26. The van der Waals surface area contributed by atoms with Crippen molar-refractivity contribution in [3.8, 4) is 0 Å². The third-order valence-electron chi connectivity index (χ3n) is 3.92. The van der Waals surface area contributed by atoms with Crippen molar-refractivity contribution in [1.82, 2.24) is 0 Å². The molecule has 0 amide bonds. The van der Waals surface area contributed by atoms with Crippen molar-refractivity contribution in [2.24, 2.45) is 11.8 Å². The van der Waals surface area contributed by atoms with Gasteiger partial charge in [-0.25, -0.2) is 0 Å². The molecule has 2 bridgehead atoms. The molecule has 0 saturated heterocycles. The Kier molecular flexibility index (Phi) is 3.61. The summed E-state index contributed by atoms with van der Waals surface area (Å²) < 4.78 is 0. The summed E-state index contributed by atoms with van der Waals surface area (Å²) in [4.78, 5) is 11.5. The highest BCUT2D eigenvalue weighted by molar-refractivity contribution is 5.79. The van der Waals surface area contributed by atoms with Crippen molar-refractivity contribution >= 4 is 5.78 Å². The highest BCUT2D eigenvalue weighted by atomic mass is 16.1. The van der Waals surface area contributed by atoms with Crippen molar-refractivity contribution in [2.45, 2.75) is 64.2 Å². The summed E-state index contributed by atoms with van der Waals surface area (Å²) in [6.07, 6.45) is 12.7. The largest absolute Gasteiger partial charge is 0.300 e. The Hall–Kier alpha value is -0.330. The summed E-state index contributed by atoms with van der Waals surface area (Å²) in [5.74, 6) is 2.05. The highest BCUT2D eigenvalue weighted by Crippen LogP contribution is 2.34. The average molecular weight is 194 g/mol. The Morgan fingerprint density at radius 3 is 1.86 bits per heavy atom. The maximum atomic E-state index is 11.5. The van der Waals surface area contributed by atoms with Gasteiger partial charge >= 0.3 is 0 Å². The quantitative estimate of drug-likeness (QED) is 0.574. The van der Waals surface area contributed by atoms with Gasteiger partial charge in [0.25, 0.3) is 0 Å². The zero-order chi connectivity index (χ0) is 9.80. The Balaban J connectivity index is 1.92. The molecule has 2 aliphatic carbocycles. The fourth-order valence-corrected chi connectivity index (χ4v) is 3.20. The predicted molar refractivity (Wildman–Crippen MR) is 58.2 cm³/mol. The minimum Gasteiger partial charge on any atom is -0.300 e. The summed E-state index contributed by atoms with van der Waals surface area (Å²) in [7, 11) is 0. The van der Waals surface area contributed by atoms with E-state index in [2.05, 4.69) is 0 Å². The lowest BCUT2D eigenvalue weighted by atomic mass is 9.76. The van der Waals surface area contributed by atoms with Gasteiger partial charge in [-0.1, -0.05) is 44.9 Å². The van der Waals surface area contributed by atoms with Crippen LogP contribution in [0.1, 0.15) is 64.2 Å². The molecule has 14 heavy (non-hydrogen) atoms. The second kappa shape index (κ2) is 4.95. The Morgan fingerprint density at radius 1 is 0.786 bits per heavy atom. The molecule has 0 aromatic rings. The molecule has 0 N–H and O–H groups in total. The molecule has 1 nitrogen and oxygen atoms in total. The van der Waals surface area contributed by atoms with E-state index in [1.54, 1.807) is 0 Å². The fourth-order valence-electron chi connectivity index (χ4n) is 3.20. The van der Waals surface area contributed by atoms with Gasteiger partial charge in [0.1, 0.15) is 5.78 Å². The monoisotopic (exact) mass is 194 g/mol. The van der Waals surface area contributed by atoms with Gasteiger partial charge < -0.3 is 0 Å². The van der Waals surface area contributed by atoms with Crippen LogP contribution in [0.5, 0.6) is 0 Å². The number of rotatable bonds is 0. The summed E-state index contributed by atoms with van der Waals surface area (Å²) >= 11 is 0. The van der Waals surface area contributed by atoms with E-state index in [0.717, 1.165) is 24.7 Å². The Labute approximate surface area is 87.3 Å². The minimum atomic E-state index is 0.548. The minimum absolute atomic E-state index is 0.548. The number of Topliss-reactive ketones (excluding diaryl/α,β-unsaturated/α-hetero) is 1. The lowest BCUT2D eigenvalue weighted by molar-refractivity contribution is -0.123. The first-order valence-electron chi connectivity index (χ1n) is 6.36. The number of ketones is 1. The Bertz CT molecular complexity index is 179.